The van der Waals surface area contributed by atoms with Gasteiger partial charge in [0.1, 0.15) is 6.04 Å². The van der Waals surface area contributed by atoms with Crippen LogP contribution in [0.3, 0.4) is 0 Å². The Morgan fingerprint density at radius 1 is 1.00 bits per heavy atom. The van der Waals surface area contributed by atoms with Crippen LogP contribution in [-0.2, 0) is 4.79 Å². The lowest BCUT2D eigenvalue weighted by Gasteiger charge is -2.14. The maximum Gasteiger partial charge on any atom is 0.274 e. The lowest BCUT2D eigenvalue weighted by molar-refractivity contribution is -0.120. The van der Waals surface area contributed by atoms with E-state index in [4.69, 9.17) is 5.73 Å². The van der Waals surface area contributed by atoms with E-state index in [9.17, 15) is 9.59 Å². The van der Waals surface area contributed by atoms with Gasteiger partial charge in [0, 0.05) is 0 Å². The van der Waals surface area contributed by atoms with Crippen molar-refractivity contribution in [1.29, 1.82) is 0 Å². The average molecular weight is 321 g/mol. The first kappa shape index (κ1) is 15.4. The molecule has 0 saturated heterocycles. The van der Waals surface area contributed by atoms with E-state index in [1.165, 1.54) is 10.9 Å². The summed E-state index contributed by atoms with van der Waals surface area (Å²) in [5, 5.41) is 10.4. The molecule has 0 unspecified atom stereocenters. The highest BCUT2D eigenvalue weighted by molar-refractivity contribution is 5.95. The third-order valence-electron chi connectivity index (χ3n) is 3.44. The molecule has 0 aliphatic heterocycles. The summed E-state index contributed by atoms with van der Waals surface area (Å²) in [6.45, 7) is 0. The molecule has 0 spiro atoms. The molecular formula is C17H15N5O2. The number of benzene rings is 2. The molecule has 0 bridgehead atoms. The first-order valence-electron chi connectivity index (χ1n) is 7.28. The van der Waals surface area contributed by atoms with Crippen LogP contribution in [0.25, 0.3) is 5.69 Å². The van der Waals surface area contributed by atoms with E-state index in [1.54, 1.807) is 24.3 Å². The summed E-state index contributed by atoms with van der Waals surface area (Å²) in [7, 11) is 0. The summed E-state index contributed by atoms with van der Waals surface area (Å²) >= 11 is 0. The van der Waals surface area contributed by atoms with Gasteiger partial charge in [0.2, 0.25) is 5.91 Å². The van der Waals surface area contributed by atoms with Gasteiger partial charge in [0.25, 0.3) is 5.91 Å². The van der Waals surface area contributed by atoms with E-state index < -0.39 is 17.9 Å². The summed E-state index contributed by atoms with van der Waals surface area (Å²) in [5.74, 6) is -1.17. The minimum Gasteiger partial charge on any atom is -0.368 e. The quantitative estimate of drug-likeness (QED) is 0.737. The molecule has 2 amide bonds. The van der Waals surface area contributed by atoms with Crippen molar-refractivity contribution in [2.45, 2.75) is 6.04 Å². The number of nitrogens with zero attached hydrogens (tertiary/aromatic N) is 3. The van der Waals surface area contributed by atoms with Crippen LogP contribution in [0, 0.1) is 0 Å². The van der Waals surface area contributed by atoms with Crippen LogP contribution >= 0.6 is 0 Å². The molecule has 1 atom stereocenters. The van der Waals surface area contributed by atoms with Crippen LogP contribution in [-0.4, -0.2) is 26.8 Å². The highest BCUT2D eigenvalue weighted by Crippen LogP contribution is 2.13. The zero-order valence-corrected chi connectivity index (χ0v) is 12.7. The molecule has 120 valence electrons. The molecule has 1 aromatic heterocycles. The average Bonchev–Trinajstić information content (AvgIpc) is 3.11. The van der Waals surface area contributed by atoms with Crippen molar-refractivity contribution in [2.24, 2.45) is 5.73 Å². The predicted molar refractivity (Wildman–Crippen MR) is 87.2 cm³/mol. The number of carbonyl (C=O) groups is 2. The lowest BCUT2D eigenvalue weighted by atomic mass is 10.1. The van der Waals surface area contributed by atoms with Crippen molar-refractivity contribution in [3.63, 3.8) is 0 Å². The van der Waals surface area contributed by atoms with Gasteiger partial charge < -0.3 is 11.1 Å². The molecule has 7 heteroatoms. The third kappa shape index (κ3) is 3.30. The van der Waals surface area contributed by atoms with Crippen molar-refractivity contribution >= 4 is 11.8 Å². The van der Waals surface area contributed by atoms with Crippen molar-refractivity contribution in [2.75, 3.05) is 0 Å². The summed E-state index contributed by atoms with van der Waals surface area (Å²) in [6.07, 6.45) is 1.49. The topological polar surface area (TPSA) is 103 Å². The highest BCUT2D eigenvalue weighted by Gasteiger charge is 2.22. The fraction of sp³-hybridized carbons (Fsp3) is 0.0588. The molecule has 0 fully saturated rings. The SMILES string of the molecule is NC(=O)[C@@H](NC(=O)c1cn(-c2ccccc2)nn1)c1ccccc1. The second-order valence-electron chi connectivity index (χ2n) is 5.10. The first-order chi connectivity index (χ1) is 11.6. The molecule has 3 N–H and O–H groups in total. The number of hydrogen-bond donors (Lipinski definition) is 2. The predicted octanol–water partition coefficient (Wildman–Crippen LogP) is 1.22. The number of amides is 2. The fourth-order valence-corrected chi connectivity index (χ4v) is 2.24. The van der Waals surface area contributed by atoms with Gasteiger partial charge in [0.05, 0.1) is 11.9 Å². The number of nitrogens with two attached hydrogens (primary N) is 1. The van der Waals surface area contributed by atoms with Gasteiger partial charge in [-0.25, -0.2) is 4.68 Å². The summed E-state index contributed by atoms with van der Waals surface area (Å²) in [5.41, 5.74) is 6.88. The standard InChI is InChI=1S/C17H15N5O2/c18-16(23)15(12-7-3-1-4-8-12)19-17(24)14-11-22(21-20-14)13-9-5-2-6-10-13/h1-11,15H,(H2,18,23)(H,19,24)/t15-/m0/s1. The Balaban J connectivity index is 1.79. The Labute approximate surface area is 138 Å². The number of hydrogen-bond acceptors (Lipinski definition) is 4. The summed E-state index contributed by atoms with van der Waals surface area (Å²) in [4.78, 5) is 24.0. The van der Waals surface area contributed by atoms with Crippen LogP contribution in [0.1, 0.15) is 22.1 Å². The smallest absolute Gasteiger partial charge is 0.274 e. The minimum absolute atomic E-state index is 0.0982. The number of aromatic nitrogens is 3. The third-order valence-corrected chi connectivity index (χ3v) is 3.44. The Morgan fingerprint density at radius 2 is 1.62 bits per heavy atom. The molecule has 24 heavy (non-hydrogen) atoms. The molecular weight excluding hydrogens is 306 g/mol. The summed E-state index contributed by atoms with van der Waals surface area (Å²) < 4.78 is 1.48. The zero-order chi connectivity index (χ0) is 16.9. The van der Waals surface area contributed by atoms with Crippen LogP contribution in [0.15, 0.2) is 66.9 Å². The second-order valence-corrected chi connectivity index (χ2v) is 5.10. The largest absolute Gasteiger partial charge is 0.368 e. The normalized spacial score (nSPS) is 11.7. The van der Waals surface area contributed by atoms with Crippen LogP contribution < -0.4 is 11.1 Å². The van der Waals surface area contributed by atoms with Gasteiger partial charge >= 0.3 is 0 Å². The maximum absolute atomic E-state index is 12.3. The first-order valence-corrected chi connectivity index (χ1v) is 7.28. The van der Waals surface area contributed by atoms with Crippen molar-refractivity contribution in [3.8, 4) is 5.69 Å². The van der Waals surface area contributed by atoms with Crippen molar-refractivity contribution < 1.29 is 9.59 Å². The van der Waals surface area contributed by atoms with Gasteiger partial charge in [-0.2, -0.15) is 0 Å². The van der Waals surface area contributed by atoms with Crippen LogP contribution in [0.5, 0.6) is 0 Å². The lowest BCUT2D eigenvalue weighted by Crippen LogP contribution is -2.37. The van der Waals surface area contributed by atoms with E-state index in [1.807, 2.05) is 36.4 Å². The molecule has 0 saturated carbocycles. The van der Waals surface area contributed by atoms with Gasteiger partial charge in [0.15, 0.2) is 5.69 Å². The zero-order valence-electron chi connectivity index (χ0n) is 12.7. The molecule has 3 aromatic rings. The second kappa shape index (κ2) is 6.74. The van der Waals surface area contributed by atoms with E-state index in [2.05, 4.69) is 15.6 Å². The molecule has 0 radical (unpaired) electrons. The van der Waals surface area contributed by atoms with E-state index in [-0.39, 0.29) is 5.69 Å². The van der Waals surface area contributed by atoms with Crippen LogP contribution in [0.4, 0.5) is 0 Å². The molecule has 0 aliphatic carbocycles. The van der Waals surface area contributed by atoms with Gasteiger partial charge in [-0.15, -0.1) is 5.10 Å². The monoisotopic (exact) mass is 321 g/mol. The van der Waals surface area contributed by atoms with E-state index >= 15 is 0 Å². The van der Waals surface area contributed by atoms with Crippen molar-refractivity contribution in [1.82, 2.24) is 20.3 Å². The summed E-state index contributed by atoms with van der Waals surface area (Å²) in [6, 6.07) is 17.1. The molecule has 2 aromatic carbocycles. The Bertz CT molecular complexity index is 846. The number of nitrogens with one attached hydrogen (secondary N) is 1. The fourth-order valence-electron chi connectivity index (χ4n) is 2.24. The molecule has 3 rings (SSSR count). The molecule has 7 nitrogen and oxygen atoms in total. The van der Waals surface area contributed by atoms with Gasteiger partial charge in [-0.3, -0.25) is 9.59 Å². The van der Waals surface area contributed by atoms with E-state index in [0.717, 1.165) is 5.69 Å². The molecule has 1 heterocycles. The number of para-hydroxylation sites is 1. The minimum atomic E-state index is -0.930. The van der Waals surface area contributed by atoms with Gasteiger partial charge in [-0.1, -0.05) is 53.7 Å². The number of rotatable bonds is 5. The van der Waals surface area contributed by atoms with Crippen LogP contribution in [0.2, 0.25) is 0 Å². The maximum atomic E-state index is 12.3. The van der Waals surface area contributed by atoms with Gasteiger partial charge in [-0.05, 0) is 17.7 Å². The highest BCUT2D eigenvalue weighted by atomic mass is 16.2. The number of primary amides is 1. The Kier molecular flexibility index (Phi) is 4.33. The van der Waals surface area contributed by atoms with Crippen molar-refractivity contribution in [3.05, 3.63) is 78.1 Å². The van der Waals surface area contributed by atoms with E-state index in [0.29, 0.717) is 5.56 Å². The Hall–Kier alpha value is -3.48. The molecule has 0 aliphatic rings. The Morgan fingerprint density at radius 3 is 2.25 bits per heavy atom. The number of carbonyl (C=O) groups excluding carboxylic acids is 2.